The number of ether oxygens (including phenoxy) is 1. The molecule has 5 nitrogen and oxygen atoms in total. The lowest BCUT2D eigenvalue weighted by atomic mass is 10.1. The molecule has 0 atom stereocenters. The van der Waals surface area contributed by atoms with E-state index in [9.17, 15) is 5.11 Å². The van der Waals surface area contributed by atoms with Gasteiger partial charge in [-0.1, -0.05) is 0 Å². The number of nitrogens with zero attached hydrogens (tertiary/aromatic N) is 2. The molecule has 0 fully saturated rings. The number of phenolic OH excluding ortho intramolecular Hbond substituents is 1. The van der Waals surface area contributed by atoms with Crippen LogP contribution < -0.4 is 10.1 Å². The number of hydrogen-bond donors (Lipinski definition) is 2. The molecule has 110 valence electrons. The first kappa shape index (κ1) is 13.7. The lowest BCUT2D eigenvalue weighted by Crippen LogP contribution is -2.06. The van der Waals surface area contributed by atoms with Crippen LogP contribution in [0.2, 0.25) is 0 Å². The maximum Gasteiger partial charge on any atom is 0.161 e. The van der Waals surface area contributed by atoms with E-state index < -0.39 is 0 Å². The van der Waals surface area contributed by atoms with Gasteiger partial charge in [-0.3, -0.25) is 0 Å². The summed E-state index contributed by atoms with van der Waals surface area (Å²) in [6, 6.07) is 5.24. The zero-order valence-electron chi connectivity index (χ0n) is 12.3. The highest BCUT2D eigenvalue weighted by Crippen LogP contribution is 2.33. The van der Waals surface area contributed by atoms with Gasteiger partial charge in [0.15, 0.2) is 17.3 Å². The molecule has 0 radical (unpaired) electrons. The molecule has 0 bridgehead atoms. The first-order valence-corrected chi connectivity index (χ1v) is 7.24. The number of phenols is 1. The van der Waals surface area contributed by atoms with Gasteiger partial charge in [-0.05, 0) is 44.4 Å². The van der Waals surface area contributed by atoms with Crippen LogP contribution in [0.4, 0.5) is 5.82 Å². The molecule has 1 aromatic carbocycles. The minimum Gasteiger partial charge on any atom is -0.504 e. The van der Waals surface area contributed by atoms with Gasteiger partial charge in [-0.15, -0.1) is 0 Å². The number of aromatic nitrogens is 2. The summed E-state index contributed by atoms with van der Waals surface area (Å²) in [5, 5.41) is 13.2. The summed E-state index contributed by atoms with van der Waals surface area (Å²) in [5.41, 5.74) is 3.15. The number of aryl methyl sites for hydroxylation is 1. The predicted molar refractivity (Wildman–Crippen MR) is 81.9 cm³/mol. The highest BCUT2D eigenvalue weighted by molar-refractivity contribution is 5.64. The molecule has 1 aliphatic rings. The normalized spacial score (nSPS) is 13.0. The summed E-state index contributed by atoms with van der Waals surface area (Å²) in [7, 11) is 1.53. The van der Waals surface area contributed by atoms with Gasteiger partial charge in [-0.2, -0.15) is 0 Å². The third-order valence-corrected chi connectivity index (χ3v) is 3.71. The van der Waals surface area contributed by atoms with E-state index in [-0.39, 0.29) is 5.75 Å². The van der Waals surface area contributed by atoms with Crippen LogP contribution in [0.1, 0.15) is 24.6 Å². The number of rotatable bonds is 4. The largest absolute Gasteiger partial charge is 0.504 e. The van der Waals surface area contributed by atoms with Gasteiger partial charge in [0.25, 0.3) is 0 Å². The number of benzene rings is 1. The maximum absolute atomic E-state index is 9.92. The van der Waals surface area contributed by atoms with Crippen molar-refractivity contribution in [3.05, 3.63) is 29.5 Å². The predicted octanol–water partition coefficient (Wildman–Crippen LogP) is 2.78. The van der Waals surface area contributed by atoms with Gasteiger partial charge in [0.05, 0.1) is 7.11 Å². The molecule has 2 aromatic rings. The van der Waals surface area contributed by atoms with Crippen molar-refractivity contribution in [3.8, 4) is 22.9 Å². The Morgan fingerprint density at radius 2 is 2.14 bits per heavy atom. The van der Waals surface area contributed by atoms with Crippen LogP contribution in [-0.2, 0) is 12.8 Å². The van der Waals surface area contributed by atoms with Crippen molar-refractivity contribution < 1.29 is 9.84 Å². The Labute approximate surface area is 124 Å². The van der Waals surface area contributed by atoms with Crippen LogP contribution >= 0.6 is 0 Å². The molecule has 5 heteroatoms. The quantitative estimate of drug-likeness (QED) is 0.904. The SMILES string of the molecule is CCNc1nc(-c2ccc(OC)c(O)c2)nc2c1CCC2. The van der Waals surface area contributed by atoms with E-state index >= 15 is 0 Å². The Kier molecular flexibility index (Phi) is 3.64. The lowest BCUT2D eigenvalue weighted by molar-refractivity contribution is 0.373. The average molecular weight is 285 g/mol. The van der Waals surface area contributed by atoms with Crippen molar-refractivity contribution in [2.75, 3.05) is 19.0 Å². The zero-order chi connectivity index (χ0) is 14.8. The van der Waals surface area contributed by atoms with E-state index in [4.69, 9.17) is 4.74 Å². The summed E-state index contributed by atoms with van der Waals surface area (Å²) in [5.74, 6) is 2.12. The summed E-state index contributed by atoms with van der Waals surface area (Å²) < 4.78 is 5.07. The van der Waals surface area contributed by atoms with Crippen molar-refractivity contribution in [2.24, 2.45) is 0 Å². The molecule has 21 heavy (non-hydrogen) atoms. The van der Waals surface area contributed by atoms with Crippen molar-refractivity contribution >= 4 is 5.82 Å². The summed E-state index contributed by atoms with van der Waals surface area (Å²) in [6.07, 6.45) is 3.15. The smallest absolute Gasteiger partial charge is 0.161 e. The number of nitrogens with one attached hydrogen (secondary N) is 1. The second-order valence-electron chi connectivity index (χ2n) is 5.09. The van der Waals surface area contributed by atoms with Crippen LogP contribution in [0.3, 0.4) is 0 Å². The zero-order valence-corrected chi connectivity index (χ0v) is 12.3. The molecule has 1 aliphatic carbocycles. The second-order valence-corrected chi connectivity index (χ2v) is 5.09. The standard InChI is InChI=1S/C16H19N3O2/c1-3-17-16-11-5-4-6-12(11)18-15(19-16)10-7-8-14(21-2)13(20)9-10/h7-9,20H,3-6H2,1-2H3,(H,17,18,19). The minimum atomic E-state index is 0.101. The second kappa shape index (κ2) is 5.60. The third kappa shape index (κ3) is 2.51. The van der Waals surface area contributed by atoms with Gasteiger partial charge < -0.3 is 15.2 Å². The van der Waals surface area contributed by atoms with Crippen molar-refractivity contribution in [1.29, 1.82) is 0 Å². The van der Waals surface area contributed by atoms with E-state index in [0.29, 0.717) is 11.6 Å². The molecule has 1 aromatic heterocycles. The number of methoxy groups -OCH3 is 1. The molecule has 0 spiro atoms. The van der Waals surface area contributed by atoms with E-state index in [1.54, 1.807) is 12.1 Å². The molecular weight excluding hydrogens is 266 g/mol. The Hall–Kier alpha value is -2.30. The van der Waals surface area contributed by atoms with Gasteiger partial charge in [0, 0.05) is 23.4 Å². The molecule has 0 unspecified atom stereocenters. The van der Waals surface area contributed by atoms with Crippen LogP contribution in [-0.4, -0.2) is 28.7 Å². The van der Waals surface area contributed by atoms with Gasteiger partial charge >= 0.3 is 0 Å². The number of fused-ring (bicyclic) bond motifs is 1. The Bertz CT molecular complexity index is 671. The third-order valence-electron chi connectivity index (χ3n) is 3.71. The fraction of sp³-hybridized carbons (Fsp3) is 0.375. The average Bonchev–Trinajstić information content (AvgIpc) is 2.96. The van der Waals surface area contributed by atoms with E-state index in [2.05, 4.69) is 22.2 Å². The Balaban J connectivity index is 2.06. The Morgan fingerprint density at radius 1 is 1.29 bits per heavy atom. The van der Waals surface area contributed by atoms with Crippen molar-refractivity contribution in [3.63, 3.8) is 0 Å². The van der Waals surface area contributed by atoms with Gasteiger partial charge in [0.2, 0.25) is 0 Å². The molecule has 0 aliphatic heterocycles. The van der Waals surface area contributed by atoms with E-state index in [1.165, 1.54) is 12.7 Å². The monoisotopic (exact) mass is 285 g/mol. The molecule has 0 saturated carbocycles. The van der Waals surface area contributed by atoms with Crippen LogP contribution in [0.15, 0.2) is 18.2 Å². The van der Waals surface area contributed by atoms with E-state index in [1.807, 2.05) is 6.07 Å². The molecule has 2 N–H and O–H groups in total. The first-order valence-electron chi connectivity index (χ1n) is 7.24. The van der Waals surface area contributed by atoms with E-state index in [0.717, 1.165) is 42.9 Å². The highest BCUT2D eigenvalue weighted by atomic mass is 16.5. The fourth-order valence-corrected chi connectivity index (χ4v) is 2.70. The van der Waals surface area contributed by atoms with Crippen LogP contribution in [0.5, 0.6) is 11.5 Å². The molecule has 0 amide bonds. The molecule has 1 heterocycles. The van der Waals surface area contributed by atoms with Gasteiger partial charge in [-0.25, -0.2) is 9.97 Å². The minimum absolute atomic E-state index is 0.101. The fourth-order valence-electron chi connectivity index (χ4n) is 2.70. The number of hydrogen-bond acceptors (Lipinski definition) is 5. The lowest BCUT2D eigenvalue weighted by Gasteiger charge is -2.11. The highest BCUT2D eigenvalue weighted by Gasteiger charge is 2.20. The molecular formula is C16H19N3O2. The van der Waals surface area contributed by atoms with Gasteiger partial charge in [0.1, 0.15) is 5.82 Å². The van der Waals surface area contributed by atoms with Crippen LogP contribution in [0, 0.1) is 0 Å². The Morgan fingerprint density at radius 3 is 2.86 bits per heavy atom. The van der Waals surface area contributed by atoms with Crippen molar-refractivity contribution in [1.82, 2.24) is 9.97 Å². The summed E-state index contributed by atoms with van der Waals surface area (Å²) >= 11 is 0. The number of aromatic hydroxyl groups is 1. The topological polar surface area (TPSA) is 67.3 Å². The van der Waals surface area contributed by atoms with Crippen LogP contribution in [0.25, 0.3) is 11.4 Å². The summed E-state index contributed by atoms with van der Waals surface area (Å²) in [4.78, 5) is 9.29. The van der Waals surface area contributed by atoms with Crippen molar-refractivity contribution in [2.45, 2.75) is 26.2 Å². The first-order chi connectivity index (χ1) is 10.2. The number of anilines is 1. The molecule has 0 saturated heterocycles. The maximum atomic E-state index is 9.92. The molecule has 3 rings (SSSR count). The summed E-state index contributed by atoms with van der Waals surface area (Å²) in [6.45, 7) is 2.89.